The Bertz CT molecular complexity index is 761. The van der Waals surface area contributed by atoms with Gasteiger partial charge in [-0.25, -0.2) is 4.98 Å². The number of thiophene rings is 1. The van der Waals surface area contributed by atoms with Crippen molar-refractivity contribution < 1.29 is 4.79 Å². The van der Waals surface area contributed by atoms with Crippen LogP contribution in [0, 0.1) is 6.92 Å². The third kappa shape index (κ3) is 3.54. The fourth-order valence-corrected chi connectivity index (χ4v) is 3.20. The number of hydrogen-bond donors (Lipinski definition) is 1. The van der Waals surface area contributed by atoms with E-state index in [2.05, 4.69) is 21.7 Å². The molecule has 1 amide bonds. The molecule has 0 saturated heterocycles. The quantitative estimate of drug-likeness (QED) is 0.758. The first kappa shape index (κ1) is 14.8. The molecule has 3 aromatic heterocycles. The van der Waals surface area contributed by atoms with Crippen LogP contribution in [0.25, 0.3) is 5.65 Å². The van der Waals surface area contributed by atoms with Crippen LogP contribution in [0.5, 0.6) is 0 Å². The summed E-state index contributed by atoms with van der Waals surface area (Å²) in [7, 11) is 0. The Hall–Kier alpha value is -2.14. The average molecular weight is 313 g/mol. The lowest BCUT2D eigenvalue weighted by atomic mass is 10.2. The number of hydrogen-bond acceptors (Lipinski definition) is 3. The fourth-order valence-electron chi connectivity index (χ4n) is 2.45. The van der Waals surface area contributed by atoms with Gasteiger partial charge < -0.3 is 9.72 Å². The molecule has 0 aromatic carbocycles. The van der Waals surface area contributed by atoms with Crippen LogP contribution in [0.1, 0.15) is 29.0 Å². The molecule has 0 unspecified atom stereocenters. The highest BCUT2D eigenvalue weighted by Gasteiger charge is 2.06. The van der Waals surface area contributed by atoms with E-state index in [-0.39, 0.29) is 5.91 Å². The molecule has 0 atom stereocenters. The third-order valence-corrected chi connectivity index (χ3v) is 4.54. The zero-order chi connectivity index (χ0) is 15.4. The highest BCUT2D eigenvalue weighted by Crippen LogP contribution is 2.12. The predicted molar refractivity (Wildman–Crippen MR) is 89.0 cm³/mol. The minimum absolute atomic E-state index is 0.0883. The van der Waals surface area contributed by atoms with Gasteiger partial charge in [-0.1, -0.05) is 12.1 Å². The summed E-state index contributed by atoms with van der Waals surface area (Å²) in [6, 6.07) is 8.19. The largest absolute Gasteiger partial charge is 0.350 e. The molecule has 0 aliphatic carbocycles. The van der Waals surface area contributed by atoms with Crippen LogP contribution in [-0.4, -0.2) is 15.3 Å². The second-order valence-electron chi connectivity index (χ2n) is 5.36. The van der Waals surface area contributed by atoms with Gasteiger partial charge in [0, 0.05) is 23.7 Å². The van der Waals surface area contributed by atoms with Crippen molar-refractivity contribution in [3.8, 4) is 0 Å². The Kier molecular flexibility index (Phi) is 4.53. The average Bonchev–Trinajstić information content (AvgIpc) is 3.15. The lowest BCUT2D eigenvalue weighted by molar-refractivity contribution is -0.121. The Morgan fingerprint density at radius 3 is 3.05 bits per heavy atom. The SMILES string of the molecule is Cc1cccn2cc(CNC(=O)CCCc3cccs3)nc12. The number of carbonyl (C=O) groups excluding carboxylic acids is 1. The van der Waals surface area contributed by atoms with Crippen LogP contribution in [-0.2, 0) is 17.8 Å². The lowest BCUT2D eigenvalue weighted by Crippen LogP contribution is -2.22. The van der Waals surface area contributed by atoms with Gasteiger partial charge in [0.25, 0.3) is 0 Å². The van der Waals surface area contributed by atoms with Crippen molar-refractivity contribution >= 4 is 22.9 Å². The van der Waals surface area contributed by atoms with Gasteiger partial charge in [-0.15, -0.1) is 11.3 Å². The van der Waals surface area contributed by atoms with Crippen molar-refractivity contribution in [2.75, 3.05) is 0 Å². The molecule has 0 saturated carbocycles. The predicted octanol–water partition coefficient (Wildman–Crippen LogP) is 3.34. The van der Waals surface area contributed by atoms with E-state index < -0.39 is 0 Å². The maximum absolute atomic E-state index is 11.9. The number of nitrogens with zero attached hydrogens (tertiary/aromatic N) is 2. The molecule has 0 aliphatic heterocycles. The summed E-state index contributed by atoms with van der Waals surface area (Å²) in [4.78, 5) is 17.8. The molecule has 114 valence electrons. The molecule has 0 radical (unpaired) electrons. The molecule has 0 aliphatic rings. The maximum Gasteiger partial charge on any atom is 0.220 e. The highest BCUT2D eigenvalue weighted by atomic mass is 32.1. The number of nitrogens with one attached hydrogen (secondary N) is 1. The summed E-state index contributed by atoms with van der Waals surface area (Å²) >= 11 is 1.74. The Labute approximate surface area is 133 Å². The number of aryl methyl sites for hydroxylation is 2. The molecule has 3 aromatic rings. The zero-order valence-electron chi connectivity index (χ0n) is 12.6. The molecule has 1 N–H and O–H groups in total. The highest BCUT2D eigenvalue weighted by molar-refractivity contribution is 7.09. The van der Waals surface area contributed by atoms with E-state index in [0.717, 1.165) is 29.7 Å². The van der Waals surface area contributed by atoms with Gasteiger partial charge in [0.1, 0.15) is 5.65 Å². The smallest absolute Gasteiger partial charge is 0.220 e. The summed E-state index contributed by atoms with van der Waals surface area (Å²) in [5.74, 6) is 0.0883. The minimum atomic E-state index is 0.0883. The van der Waals surface area contributed by atoms with E-state index in [1.54, 1.807) is 11.3 Å². The number of carbonyl (C=O) groups is 1. The van der Waals surface area contributed by atoms with Gasteiger partial charge in [-0.2, -0.15) is 0 Å². The Morgan fingerprint density at radius 1 is 1.36 bits per heavy atom. The van der Waals surface area contributed by atoms with E-state index in [4.69, 9.17) is 0 Å². The van der Waals surface area contributed by atoms with E-state index >= 15 is 0 Å². The minimum Gasteiger partial charge on any atom is -0.350 e. The Morgan fingerprint density at radius 2 is 2.27 bits per heavy atom. The molecule has 4 nitrogen and oxygen atoms in total. The second kappa shape index (κ2) is 6.75. The van der Waals surface area contributed by atoms with Crippen molar-refractivity contribution in [1.82, 2.24) is 14.7 Å². The van der Waals surface area contributed by atoms with Gasteiger partial charge >= 0.3 is 0 Å². The third-order valence-electron chi connectivity index (χ3n) is 3.60. The van der Waals surface area contributed by atoms with Gasteiger partial charge in [-0.3, -0.25) is 4.79 Å². The summed E-state index contributed by atoms with van der Waals surface area (Å²) in [6.07, 6.45) is 6.36. The molecule has 22 heavy (non-hydrogen) atoms. The van der Waals surface area contributed by atoms with Crippen LogP contribution in [0.15, 0.2) is 42.0 Å². The van der Waals surface area contributed by atoms with Crippen LogP contribution in [0.3, 0.4) is 0 Å². The molecule has 0 spiro atoms. The number of imidazole rings is 1. The van der Waals surface area contributed by atoms with Crippen LogP contribution >= 0.6 is 11.3 Å². The lowest BCUT2D eigenvalue weighted by Gasteiger charge is -2.02. The maximum atomic E-state index is 11.9. The van der Waals surface area contributed by atoms with Gasteiger partial charge in [0.05, 0.1) is 12.2 Å². The van der Waals surface area contributed by atoms with Crippen molar-refractivity contribution in [3.63, 3.8) is 0 Å². The molecule has 0 fully saturated rings. The molecule has 3 rings (SSSR count). The number of amides is 1. The van der Waals surface area contributed by atoms with E-state index in [0.29, 0.717) is 13.0 Å². The standard InChI is InChI=1S/C17H19N3OS/c1-13-5-3-9-20-12-14(19-17(13)20)11-18-16(21)8-2-6-15-7-4-10-22-15/h3-5,7,9-10,12H,2,6,8,11H2,1H3,(H,18,21). The summed E-state index contributed by atoms with van der Waals surface area (Å²) < 4.78 is 1.99. The van der Waals surface area contributed by atoms with Crippen molar-refractivity contribution in [1.29, 1.82) is 0 Å². The van der Waals surface area contributed by atoms with Gasteiger partial charge in [0.15, 0.2) is 0 Å². The van der Waals surface area contributed by atoms with Crippen molar-refractivity contribution in [2.45, 2.75) is 32.7 Å². The summed E-state index contributed by atoms with van der Waals surface area (Å²) in [5, 5.41) is 5.02. The molecule has 3 heterocycles. The van der Waals surface area contributed by atoms with Crippen LogP contribution in [0.2, 0.25) is 0 Å². The van der Waals surface area contributed by atoms with Crippen molar-refractivity contribution in [2.24, 2.45) is 0 Å². The monoisotopic (exact) mass is 313 g/mol. The second-order valence-corrected chi connectivity index (χ2v) is 6.40. The van der Waals surface area contributed by atoms with Gasteiger partial charge in [-0.05, 0) is 42.8 Å². The zero-order valence-corrected chi connectivity index (χ0v) is 13.4. The van der Waals surface area contributed by atoms with E-state index in [1.165, 1.54) is 4.88 Å². The van der Waals surface area contributed by atoms with Crippen LogP contribution in [0.4, 0.5) is 0 Å². The van der Waals surface area contributed by atoms with E-state index in [1.807, 2.05) is 41.9 Å². The molecule has 5 heteroatoms. The molecule has 0 bridgehead atoms. The first-order valence-electron chi connectivity index (χ1n) is 7.44. The number of pyridine rings is 1. The fraction of sp³-hybridized carbons (Fsp3) is 0.294. The van der Waals surface area contributed by atoms with Gasteiger partial charge in [0.2, 0.25) is 5.91 Å². The van der Waals surface area contributed by atoms with Crippen LogP contribution < -0.4 is 5.32 Å². The topological polar surface area (TPSA) is 46.4 Å². The van der Waals surface area contributed by atoms with Crippen molar-refractivity contribution in [3.05, 3.63) is 58.2 Å². The molecular formula is C17H19N3OS. The first-order chi connectivity index (χ1) is 10.7. The molecular weight excluding hydrogens is 294 g/mol. The van der Waals surface area contributed by atoms with E-state index in [9.17, 15) is 4.79 Å². The Balaban J connectivity index is 1.48. The number of rotatable bonds is 6. The summed E-state index contributed by atoms with van der Waals surface area (Å²) in [5.41, 5.74) is 2.97. The number of fused-ring (bicyclic) bond motifs is 1. The first-order valence-corrected chi connectivity index (χ1v) is 8.32. The number of aromatic nitrogens is 2. The summed E-state index contributed by atoms with van der Waals surface area (Å²) in [6.45, 7) is 2.52. The normalized spacial score (nSPS) is 11.0.